The van der Waals surface area contributed by atoms with Crippen molar-refractivity contribution in [3.05, 3.63) is 58.1 Å². The van der Waals surface area contributed by atoms with Crippen LogP contribution in [0.3, 0.4) is 0 Å². The minimum atomic E-state index is 0.868. The van der Waals surface area contributed by atoms with E-state index in [2.05, 4.69) is 52.3 Å². The summed E-state index contributed by atoms with van der Waals surface area (Å²) in [4.78, 5) is 3.30. The monoisotopic (exact) mass is 406 g/mol. The highest BCUT2D eigenvalue weighted by Gasteiger charge is 2.24. The molecule has 4 nitrogen and oxygen atoms in total. The molecule has 2 N–H and O–H groups in total. The summed E-state index contributed by atoms with van der Waals surface area (Å²) in [6.07, 6.45) is 0. The molecule has 3 rings (SSSR count). The van der Waals surface area contributed by atoms with Crippen molar-refractivity contribution in [1.82, 2.24) is 0 Å². The van der Waals surface area contributed by atoms with Crippen LogP contribution in [0.15, 0.2) is 46.9 Å². The van der Waals surface area contributed by atoms with E-state index in [0.717, 1.165) is 24.6 Å². The van der Waals surface area contributed by atoms with Crippen LogP contribution >= 0.6 is 15.9 Å². The number of ether oxygens (including phenoxy) is 2. The maximum Gasteiger partial charge on any atom is 0.127 e. The molecule has 1 aliphatic heterocycles. The van der Waals surface area contributed by atoms with Crippen molar-refractivity contribution in [1.29, 1.82) is 0 Å². The third-order valence-corrected chi connectivity index (χ3v) is 5.70. The molecule has 2 aromatic rings. The van der Waals surface area contributed by atoms with Gasteiger partial charge in [-0.1, -0.05) is 34.1 Å². The van der Waals surface area contributed by atoms with Gasteiger partial charge in [0.2, 0.25) is 0 Å². The van der Waals surface area contributed by atoms with E-state index in [-0.39, 0.29) is 0 Å². The lowest BCUT2D eigenvalue weighted by Crippen LogP contribution is -3.27. The maximum atomic E-state index is 5.38. The molecule has 2 aromatic carbocycles. The van der Waals surface area contributed by atoms with Crippen LogP contribution in [0.4, 0.5) is 0 Å². The highest BCUT2D eigenvalue weighted by Crippen LogP contribution is 2.22. The van der Waals surface area contributed by atoms with E-state index in [0.29, 0.717) is 0 Å². The minimum absolute atomic E-state index is 0.868. The second-order valence-corrected chi connectivity index (χ2v) is 7.52. The van der Waals surface area contributed by atoms with Gasteiger partial charge in [-0.15, -0.1) is 0 Å². The second kappa shape index (κ2) is 8.70. The zero-order valence-corrected chi connectivity index (χ0v) is 16.6. The van der Waals surface area contributed by atoms with Gasteiger partial charge in [-0.2, -0.15) is 0 Å². The fraction of sp³-hybridized carbons (Fsp3) is 0.400. The Morgan fingerprint density at radius 1 is 0.840 bits per heavy atom. The molecular formula is C20H27BrN2O2+2. The summed E-state index contributed by atoms with van der Waals surface area (Å²) in [5.74, 6) is 1.74. The summed E-state index contributed by atoms with van der Waals surface area (Å²) in [7, 11) is 3.41. The van der Waals surface area contributed by atoms with Crippen molar-refractivity contribution < 1.29 is 19.3 Å². The molecule has 0 unspecified atom stereocenters. The fourth-order valence-electron chi connectivity index (χ4n) is 3.48. The molecule has 1 saturated heterocycles. The first-order valence-corrected chi connectivity index (χ1v) is 9.59. The molecule has 0 bridgehead atoms. The Hall–Kier alpha value is -1.56. The van der Waals surface area contributed by atoms with Crippen molar-refractivity contribution in [2.24, 2.45) is 0 Å². The lowest BCUT2D eigenvalue weighted by molar-refractivity contribution is -1.02. The molecule has 0 aliphatic carbocycles. The third-order valence-electron chi connectivity index (χ3n) is 4.93. The number of benzene rings is 2. The number of rotatable bonds is 6. The van der Waals surface area contributed by atoms with E-state index < -0.39 is 0 Å². The highest BCUT2D eigenvalue weighted by atomic mass is 79.9. The van der Waals surface area contributed by atoms with Crippen LogP contribution in [0.1, 0.15) is 11.1 Å². The van der Waals surface area contributed by atoms with Gasteiger partial charge in [0.1, 0.15) is 50.8 Å². The Bertz CT molecular complexity index is 678. The van der Waals surface area contributed by atoms with Crippen molar-refractivity contribution >= 4 is 15.9 Å². The van der Waals surface area contributed by atoms with Gasteiger partial charge in [0.05, 0.1) is 14.2 Å². The molecular weight excluding hydrogens is 380 g/mol. The SMILES string of the molecule is COc1cc(C[NH+]2CC[NH+](Cc3ccccc3Br)CC2)cc(OC)c1. The van der Waals surface area contributed by atoms with Gasteiger partial charge in [0, 0.05) is 21.7 Å². The van der Waals surface area contributed by atoms with E-state index in [4.69, 9.17) is 9.47 Å². The van der Waals surface area contributed by atoms with Crippen LogP contribution in [-0.2, 0) is 13.1 Å². The van der Waals surface area contributed by atoms with Gasteiger partial charge in [0.25, 0.3) is 0 Å². The molecule has 134 valence electrons. The van der Waals surface area contributed by atoms with Crippen molar-refractivity contribution in [3.8, 4) is 11.5 Å². The molecule has 0 aromatic heterocycles. The van der Waals surface area contributed by atoms with E-state index >= 15 is 0 Å². The maximum absolute atomic E-state index is 5.38. The topological polar surface area (TPSA) is 27.3 Å². The minimum Gasteiger partial charge on any atom is -0.497 e. The summed E-state index contributed by atoms with van der Waals surface area (Å²) < 4.78 is 12.0. The zero-order chi connectivity index (χ0) is 17.6. The lowest BCUT2D eigenvalue weighted by Gasteiger charge is -2.30. The molecule has 1 heterocycles. The number of nitrogens with one attached hydrogen (secondary N) is 2. The molecule has 25 heavy (non-hydrogen) atoms. The van der Waals surface area contributed by atoms with Gasteiger partial charge in [-0.3, -0.25) is 0 Å². The predicted molar refractivity (Wildman–Crippen MR) is 102 cm³/mol. The number of hydrogen-bond acceptors (Lipinski definition) is 2. The highest BCUT2D eigenvalue weighted by molar-refractivity contribution is 9.10. The Balaban J connectivity index is 1.55. The molecule has 1 aliphatic rings. The molecule has 0 radical (unpaired) electrons. The Morgan fingerprint density at radius 2 is 1.40 bits per heavy atom. The summed E-state index contributed by atoms with van der Waals surface area (Å²) in [6.45, 7) is 6.92. The zero-order valence-electron chi connectivity index (χ0n) is 15.0. The fourth-order valence-corrected chi connectivity index (χ4v) is 3.90. The number of quaternary nitrogens is 2. The van der Waals surface area contributed by atoms with Gasteiger partial charge in [0.15, 0.2) is 0 Å². The van der Waals surface area contributed by atoms with Crippen LogP contribution in [0.5, 0.6) is 11.5 Å². The smallest absolute Gasteiger partial charge is 0.127 e. The largest absolute Gasteiger partial charge is 0.497 e. The van der Waals surface area contributed by atoms with E-state index in [1.165, 1.54) is 41.8 Å². The predicted octanol–water partition coefficient (Wildman–Crippen LogP) is 0.950. The summed E-state index contributed by atoms with van der Waals surface area (Å²) >= 11 is 3.66. The molecule has 0 saturated carbocycles. The third kappa shape index (κ3) is 4.97. The van der Waals surface area contributed by atoms with Crippen LogP contribution < -0.4 is 19.3 Å². The Morgan fingerprint density at radius 3 is 1.96 bits per heavy atom. The summed E-state index contributed by atoms with van der Waals surface area (Å²) in [5.41, 5.74) is 2.68. The number of hydrogen-bond donors (Lipinski definition) is 2. The van der Waals surface area contributed by atoms with Gasteiger partial charge < -0.3 is 19.3 Å². The normalized spacial score (nSPS) is 20.3. The number of piperazine rings is 1. The van der Waals surface area contributed by atoms with Crippen LogP contribution in [-0.4, -0.2) is 40.4 Å². The number of methoxy groups -OCH3 is 2. The Labute approximate surface area is 158 Å². The van der Waals surface area contributed by atoms with Crippen molar-refractivity contribution in [2.75, 3.05) is 40.4 Å². The number of halogens is 1. The van der Waals surface area contributed by atoms with Gasteiger partial charge in [-0.05, 0) is 18.2 Å². The first-order chi connectivity index (χ1) is 12.2. The molecule has 0 amide bonds. The second-order valence-electron chi connectivity index (χ2n) is 6.67. The van der Waals surface area contributed by atoms with Gasteiger partial charge >= 0.3 is 0 Å². The van der Waals surface area contributed by atoms with Crippen LogP contribution in [0.25, 0.3) is 0 Å². The molecule has 5 heteroatoms. The summed E-state index contributed by atoms with van der Waals surface area (Å²) in [5, 5.41) is 0. The molecule has 1 fully saturated rings. The van der Waals surface area contributed by atoms with Gasteiger partial charge in [-0.25, -0.2) is 0 Å². The average Bonchev–Trinajstić information content (AvgIpc) is 2.65. The van der Waals surface area contributed by atoms with Crippen molar-refractivity contribution in [3.63, 3.8) is 0 Å². The lowest BCUT2D eigenvalue weighted by atomic mass is 10.1. The van der Waals surface area contributed by atoms with E-state index in [1.54, 1.807) is 24.0 Å². The summed E-state index contributed by atoms with van der Waals surface area (Å²) in [6, 6.07) is 14.7. The quantitative estimate of drug-likeness (QED) is 0.747. The molecule has 0 spiro atoms. The van der Waals surface area contributed by atoms with Crippen LogP contribution in [0.2, 0.25) is 0 Å². The standard InChI is InChI=1S/C20H25BrN2O2/c1-24-18-11-16(12-19(13-18)25-2)14-22-7-9-23(10-8-22)15-17-5-3-4-6-20(17)21/h3-6,11-13H,7-10,14-15H2,1-2H3/p+2. The van der Waals surface area contributed by atoms with E-state index in [1.807, 2.05) is 6.07 Å². The molecule has 0 atom stereocenters. The average molecular weight is 407 g/mol. The van der Waals surface area contributed by atoms with Crippen LogP contribution in [0, 0.1) is 0 Å². The first-order valence-electron chi connectivity index (χ1n) is 8.80. The Kier molecular flexibility index (Phi) is 6.34. The van der Waals surface area contributed by atoms with E-state index in [9.17, 15) is 0 Å². The first kappa shape index (κ1) is 18.2. The van der Waals surface area contributed by atoms with Crippen molar-refractivity contribution in [2.45, 2.75) is 13.1 Å².